The molecule has 10 heavy (non-hydrogen) atoms. The van der Waals surface area contributed by atoms with Gasteiger partial charge < -0.3 is 5.32 Å². The first-order valence-corrected chi connectivity index (χ1v) is 4.00. The molecule has 1 N–H and O–H groups in total. The third kappa shape index (κ3) is 4.57. The molecule has 0 bridgehead atoms. The van der Waals surface area contributed by atoms with Crippen LogP contribution < -0.4 is 5.32 Å². The summed E-state index contributed by atoms with van der Waals surface area (Å²) < 4.78 is 0. The van der Waals surface area contributed by atoms with E-state index in [-0.39, 0.29) is 0 Å². The molecule has 0 heterocycles. The molecule has 0 aliphatic heterocycles. The molecule has 60 valence electrons. The highest BCUT2D eigenvalue weighted by atomic mass is 14.8. The van der Waals surface area contributed by atoms with E-state index in [1.807, 2.05) is 6.08 Å². The molecule has 0 saturated carbocycles. The first-order chi connectivity index (χ1) is 4.68. The van der Waals surface area contributed by atoms with Crippen molar-refractivity contribution in [2.75, 3.05) is 13.1 Å². The van der Waals surface area contributed by atoms with Crippen LogP contribution in [0.1, 0.15) is 20.8 Å². The summed E-state index contributed by atoms with van der Waals surface area (Å²) >= 11 is 0. The maximum Gasteiger partial charge on any atom is 0.0132 e. The minimum Gasteiger partial charge on any atom is -0.313 e. The van der Waals surface area contributed by atoms with Gasteiger partial charge in [0, 0.05) is 6.54 Å². The molecule has 0 unspecified atom stereocenters. The molecule has 0 spiro atoms. The van der Waals surface area contributed by atoms with Crippen LogP contribution >= 0.6 is 0 Å². The van der Waals surface area contributed by atoms with Crippen LogP contribution in [0.2, 0.25) is 0 Å². The van der Waals surface area contributed by atoms with Crippen LogP contribution in [0.5, 0.6) is 0 Å². The van der Waals surface area contributed by atoms with Crippen molar-refractivity contribution in [3.8, 4) is 0 Å². The summed E-state index contributed by atoms with van der Waals surface area (Å²) in [5.41, 5.74) is 0. The van der Waals surface area contributed by atoms with Crippen molar-refractivity contribution in [1.82, 2.24) is 5.32 Å². The van der Waals surface area contributed by atoms with Crippen molar-refractivity contribution in [3.63, 3.8) is 0 Å². The van der Waals surface area contributed by atoms with E-state index >= 15 is 0 Å². The van der Waals surface area contributed by atoms with E-state index in [1.165, 1.54) is 0 Å². The van der Waals surface area contributed by atoms with Crippen LogP contribution in [0.4, 0.5) is 0 Å². The van der Waals surface area contributed by atoms with Crippen LogP contribution in [0.25, 0.3) is 0 Å². The summed E-state index contributed by atoms with van der Waals surface area (Å²) in [6, 6.07) is 0. The first kappa shape index (κ1) is 9.70. The molecule has 0 aliphatic rings. The standard InChI is InChI=1S/C9H19N/c1-5-6-10-7-9(4)8(2)3/h5,8-10H,1,6-7H2,2-4H3/t9-/m1/s1. The Kier molecular flexibility index (Phi) is 5.32. The van der Waals surface area contributed by atoms with Gasteiger partial charge in [0.2, 0.25) is 0 Å². The smallest absolute Gasteiger partial charge is 0.0132 e. The van der Waals surface area contributed by atoms with Gasteiger partial charge in [-0.05, 0) is 18.4 Å². The van der Waals surface area contributed by atoms with Crippen molar-refractivity contribution in [3.05, 3.63) is 12.7 Å². The molecule has 0 aromatic heterocycles. The van der Waals surface area contributed by atoms with Crippen LogP contribution in [0.3, 0.4) is 0 Å². The highest BCUT2D eigenvalue weighted by molar-refractivity contribution is 4.71. The van der Waals surface area contributed by atoms with E-state index in [1.54, 1.807) is 0 Å². The van der Waals surface area contributed by atoms with Crippen molar-refractivity contribution >= 4 is 0 Å². The SMILES string of the molecule is C=CCNC[C@@H](C)C(C)C. The Hall–Kier alpha value is -0.300. The van der Waals surface area contributed by atoms with Crippen molar-refractivity contribution in [1.29, 1.82) is 0 Å². The minimum atomic E-state index is 0.764. The van der Waals surface area contributed by atoms with Crippen molar-refractivity contribution < 1.29 is 0 Å². The molecule has 1 nitrogen and oxygen atoms in total. The summed E-state index contributed by atoms with van der Waals surface area (Å²) in [6.45, 7) is 12.4. The summed E-state index contributed by atoms with van der Waals surface area (Å²) in [5, 5.41) is 3.30. The highest BCUT2D eigenvalue weighted by Crippen LogP contribution is 2.06. The molecule has 0 amide bonds. The van der Waals surface area contributed by atoms with Crippen molar-refractivity contribution in [2.45, 2.75) is 20.8 Å². The zero-order valence-electron chi connectivity index (χ0n) is 7.35. The van der Waals surface area contributed by atoms with Gasteiger partial charge in [0.25, 0.3) is 0 Å². The van der Waals surface area contributed by atoms with E-state index in [4.69, 9.17) is 0 Å². The topological polar surface area (TPSA) is 12.0 Å². The van der Waals surface area contributed by atoms with Crippen LogP contribution in [0, 0.1) is 11.8 Å². The molecule has 0 aromatic rings. The highest BCUT2D eigenvalue weighted by Gasteiger charge is 2.04. The lowest BCUT2D eigenvalue weighted by atomic mass is 9.98. The second-order valence-electron chi connectivity index (χ2n) is 3.17. The third-order valence-corrected chi connectivity index (χ3v) is 1.89. The Morgan fingerprint density at radius 3 is 2.40 bits per heavy atom. The maximum atomic E-state index is 3.64. The molecular weight excluding hydrogens is 122 g/mol. The van der Waals surface area contributed by atoms with Gasteiger partial charge in [-0.15, -0.1) is 6.58 Å². The number of hydrogen-bond donors (Lipinski definition) is 1. The normalized spacial score (nSPS) is 13.6. The molecule has 0 saturated heterocycles. The fourth-order valence-corrected chi connectivity index (χ4v) is 0.649. The van der Waals surface area contributed by atoms with E-state index in [0.717, 1.165) is 24.9 Å². The number of nitrogens with one attached hydrogen (secondary N) is 1. The lowest BCUT2D eigenvalue weighted by Crippen LogP contribution is -2.23. The monoisotopic (exact) mass is 141 g/mol. The van der Waals surface area contributed by atoms with E-state index in [0.29, 0.717) is 0 Å². The second kappa shape index (κ2) is 5.48. The first-order valence-electron chi connectivity index (χ1n) is 4.00. The fraction of sp³-hybridized carbons (Fsp3) is 0.778. The summed E-state index contributed by atoms with van der Waals surface area (Å²) in [7, 11) is 0. The fourth-order valence-electron chi connectivity index (χ4n) is 0.649. The largest absolute Gasteiger partial charge is 0.313 e. The summed E-state index contributed by atoms with van der Waals surface area (Å²) in [6.07, 6.45) is 1.90. The zero-order chi connectivity index (χ0) is 7.98. The van der Waals surface area contributed by atoms with Gasteiger partial charge in [0.1, 0.15) is 0 Å². The number of rotatable bonds is 5. The Morgan fingerprint density at radius 2 is 2.00 bits per heavy atom. The average molecular weight is 141 g/mol. The molecular formula is C9H19N. The van der Waals surface area contributed by atoms with Gasteiger partial charge >= 0.3 is 0 Å². The Bertz CT molecular complexity index is 86.7. The Morgan fingerprint density at radius 1 is 1.40 bits per heavy atom. The van der Waals surface area contributed by atoms with Gasteiger partial charge in [-0.3, -0.25) is 0 Å². The second-order valence-corrected chi connectivity index (χ2v) is 3.17. The Labute approximate surface area is 64.5 Å². The van der Waals surface area contributed by atoms with Gasteiger partial charge in [0.15, 0.2) is 0 Å². The molecule has 0 aromatic carbocycles. The van der Waals surface area contributed by atoms with E-state index in [9.17, 15) is 0 Å². The van der Waals surface area contributed by atoms with Crippen LogP contribution in [-0.4, -0.2) is 13.1 Å². The van der Waals surface area contributed by atoms with Gasteiger partial charge in [-0.2, -0.15) is 0 Å². The minimum absolute atomic E-state index is 0.764. The lowest BCUT2D eigenvalue weighted by molar-refractivity contribution is 0.400. The maximum absolute atomic E-state index is 3.64. The molecule has 1 heteroatoms. The van der Waals surface area contributed by atoms with E-state index < -0.39 is 0 Å². The quantitative estimate of drug-likeness (QED) is 0.456. The molecule has 0 rings (SSSR count). The third-order valence-electron chi connectivity index (χ3n) is 1.89. The van der Waals surface area contributed by atoms with Gasteiger partial charge in [-0.25, -0.2) is 0 Å². The molecule has 1 atom stereocenters. The average Bonchev–Trinajstić information content (AvgIpc) is 1.88. The van der Waals surface area contributed by atoms with Crippen molar-refractivity contribution in [2.24, 2.45) is 11.8 Å². The zero-order valence-corrected chi connectivity index (χ0v) is 7.35. The Balaban J connectivity index is 3.21. The predicted molar refractivity (Wildman–Crippen MR) is 47.1 cm³/mol. The number of hydrogen-bond acceptors (Lipinski definition) is 1. The molecule has 0 radical (unpaired) electrons. The molecule has 0 fully saturated rings. The van der Waals surface area contributed by atoms with Crippen LogP contribution in [0.15, 0.2) is 12.7 Å². The predicted octanol–water partition coefficient (Wildman–Crippen LogP) is 2.05. The lowest BCUT2D eigenvalue weighted by Gasteiger charge is -2.14. The van der Waals surface area contributed by atoms with E-state index in [2.05, 4.69) is 32.7 Å². The van der Waals surface area contributed by atoms with Gasteiger partial charge in [-0.1, -0.05) is 26.8 Å². The van der Waals surface area contributed by atoms with Gasteiger partial charge in [0.05, 0.1) is 0 Å². The van der Waals surface area contributed by atoms with Crippen LogP contribution in [-0.2, 0) is 0 Å². The summed E-state index contributed by atoms with van der Waals surface area (Å²) in [4.78, 5) is 0. The molecule has 0 aliphatic carbocycles. The summed E-state index contributed by atoms with van der Waals surface area (Å²) in [5.74, 6) is 1.54.